The average molecular weight is 310 g/mol. The van der Waals surface area contributed by atoms with Gasteiger partial charge in [0.25, 0.3) is 0 Å². The van der Waals surface area contributed by atoms with E-state index in [2.05, 4.69) is 15.6 Å². The van der Waals surface area contributed by atoms with E-state index < -0.39 is 17.7 Å². The molecule has 1 heterocycles. The minimum atomic E-state index is -1.05. The summed E-state index contributed by atoms with van der Waals surface area (Å²) in [5.74, 6) is -0.530. The predicted octanol–water partition coefficient (Wildman–Crippen LogP) is 1.98. The van der Waals surface area contributed by atoms with Crippen molar-refractivity contribution in [1.29, 1.82) is 0 Å². The van der Waals surface area contributed by atoms with E-state index in [1.807, 2.05) is 0 Å². The monoisotopic (exact) mass is 310 g/mol. The van der Waals surface area contributed by atoms with Crippen LogP contribution in [0.1, 0.15) is 63.0 Å². The molecule has 0 saturated heterocycles. The molecule has 1 amide bonds. The number of nitrogens with zero attached hydrogens (tertiary/aromatic N) is 3. The molecule has 0 unspecified atom stereocenters. The van der Waals surface area contributed by atoms with Crippen molar-refractivity contribution >= 4 is 12.1 Å². The van der Waals surface area contributed by atoms with E-state index in [-0.39, 0.29) is 17.8 Å². The Balaban J connectivity index is 2.11. The summed E-state index contributed by atoms with van der Waals surface area (Å²) in [6.45, 7) is 5.34. The summed E-state index contributed by atoms with van der Waals surface area (Å²) in [6.07, 6.45) is 3.98. The predicted molar refractivity (Wildman–Crippen MR) is 77.6 cm³/mol. The molecule has 0 aromatic carbocycles. The highest BCUT2D eigenvalue weighted by atomic mass is 16.6. The van der Waals surface area contributed by atoms with E-state index >= 15 is 0 Å². The average Bonchev–Trinajstić information content (AvgIpc) is 2.86. The first-order valence-corrected chi connectivity index (χ1v) is 7.41. The Morgan fingerprint density at radius 3 is 2.68 bits per heavy atom. The van der Waals surface area contributed by atoms with Crippen LogP contribution in [0.15, 0.2) is 6.20 Å². The molecule has 22 heavy (non-hydrogen) atoms. The first kappa shape index (κ1) is 16.3. The van der Waals surface area contributed by atoms with Gasteiger partial charge in [0.05, 0.1) is 18.3 Å². The summed E-state index contributed by atoms with van der Waals surface area (Å²) in [7, 11) is 0. The van der Waals surface area contributed by atoms with Gasteiger partial charge in [0, 0.05) is 0 Å². The molecule has 2 atom stereocenters. The van der Waals surface area contributed by atoms with Gasteiger partial charge in [-0.25, -0.2) is 14.3 Å². The largest absolute Gasteiger partial charge is 0.465 e. The van der Waals surface area contributed by atoms with Gasteiger partial charge in [-0.3, -0.25) is 0 Å². The zero-order valence-electron chi connectivity index (χ0n) is 13.1. The van der Waals surface area contributed by atoms with Crippen LogP contribution in [0.3, 0.4) is 0 Å². The number of carbonyl (C=O) groups excluding carboxylic acids is 1. The van der Waals surface area contributed by atoms with Crippen LogP contribution in [0, 0.1) is 0 Å². The number of esters is 1. The second-order valence-electron chi connectivity index (χ2n) is 6.49. The summed E-state index contributed by atoms with van der Waals surface area (Å²) in [4.78, 5) is 22.9. The normalized spacial score (nSPS) is 22.1. The number of ether oxygens (including phenoxy) is 1. The van der Waals surface area contributed by atoms with Crippen molar-refractivity contribution in [3.8, 4) is 0 Å². The Morgan fingerprint density at radius 2 is 2.05 bits per heavy atom. The molecule has 2 rings (SSSR count). The Labute approximate surface area is 128 Å². The van der Waals surface area contributed by atoms with E-state index in [9.17, 15) is 9.59 Å². The van der Waals surface area contributed by atoms with E-state index in [0.29, 0.717) is 0 Å². The first-order chi connectivity index (χ1) is 10.3. The summed E-state index contributed by atoms with van der Waals surface area (Å²) in [5, 5.41) is 19.3. The van der Waals surface area contributed by atoms with Crippen LogP contribution in [-0.4, -0.2) is 43.8 Å². The third-order valence-corrected chi connectivity index (χ3v) is 3.50. The lowest BCUT2D eigenvalue weighted by atomic mass is 9.90. The van der Waals surface area contributed by atoms with Gasteiger partial charge in [0.1, 0.15) is 5.60 Å². The minimum Gasteiger partial charge on any atom is -0.465 e. The van der Waals surface area contributed by atoms with E-state index in [1.165, 1.54) is 6.20 Å². The van der Waals surface area contributed by atoms with Crippen LogP contribution in [-0.2, 0) is 4.74 Å². The summed E-state index contributed by atoms with van der Waals surface area (Å²) < 4.78 is 6.82. The Morgan fingerprint density at radius 1 is 1.36 bits per heavy atom. The van der Waals surface area contributed by atoms with Crippen molar-refractivity contribution in [3.63, 3.8) is 0 Å². The molecule has 1 saturated carbocycles. The standard InChI is InChI=1S/C14H22N4O4/c1-14(2,3)22-12(19)10-8-18(17-16-10)11-7-5-4-6-9(11)15-13(20)21/h8-9,11,15H,4-7H2,1-3H3,(H,20,21)/t9-,11+/m0/s1. The lowest BCUT2D eigenvalue weighted by molar-refractivity contribution is 0.00625. The number of nitrogens with one attached hydrogen (secondary N) is 1. The van der Waals surface area contributed by atoms with E-state index in [0.717, 1.165) is 25.7 Å². The molecule has 1 aliphatic carbocycles. The molecule has 0 radical (unpaired) electrons. The van der Waals surface area contributed by atoms with Gasteiger partial charge in [-0.05, 0) is 33.6 Å². The zero-order chi connectivity index (χ0) is 16.3. The van der Waals surface area contributed by atoms with Crippen molar-refractivity contribution in [2.45, 2.75) is 64.1 Å². The molecule has 8 heteroatoms. The van der Waals surface area contributed by atoms with Gasteiger partial charge in [-0.15, -0.1) is 5.10 Å². The van der Waals surface area contributed by atoms with Crippen molar-refractivity contribution in [3.05, 3.63) is 11.9 Å². The maximum Gasteiger partial charge on any atom is 0.404 e. The smallest absolute Gasteiger partial charge is 0.404 e. The summed E-state index contributed by atoms with van der Waals surface area (Å²) in [6, 6.07) is -0.354. The molecule has 2 N–H and O–H groups in total. The van der Waals surface area contributed by atoms with Gasteiger partial charge in [0.2, 0.25) is 0 Å². The molecule has 0 spiro atoms. The maximum absolute atomic E-state index is 12.0. The number of hydrogen-bond donors (Lipinski definition) is 2. The molecule has 1 aromatic heterocycles. The number of amides is 1. The van der Waals surface area contributed by atoms with Gasteiger partial charge in [0.15, 0.2) is 5.69 Å². The van der Waals surface area contributed by atoms with E-state index in [1.54, 1.807) is 25.5 Å². The fourth-order valence-electron chi connectivity index (χ4n) is 2.62. The molecular weight excluding hydrogens is 288 g/mol. The Bertz CT molecular complexity index is 549. The lowest BCUT2D eigenvalue weighted by Crippen LogP contribution is -2.42. The van der Waals surface area contributed by atoms with Crippen LogP contribution >= 0.6 is 0 Å². The highest BCUT2D eigenvalue weighted by molar-refractivity contribution is 5.87. The SMILES string of the molecule is CC(C)(C)OC(=O)c1cn([C@@H]2CCCC[C@@H]2NC(=O)O)nn1. The fourth-order valence-corrected chi connectivity index (χ4v) is 2.62. The van der Waals surface area contributed by atoms with Crippen molar-refractivity contribution in [2.75, 3.05) is 0 Å². The highest BCUT2D eigenvalue weighted by Crippen LogP contribution is 2.28. The minimum absolute atomic E-state index is 0.131. The van der Waals surface area contributed by atoms with Gasteiger partial charge in [-0.2, -0.15) is 0 Å². The molecule has 1 aliphatic rings. The zero-order valence-corrected chi connectivity index (χ0v) is 13.1. The van der Waals surface area contributed by atoms with Crippen LogP contribution in [0.4, 0.5) is 4.79 Å². The molecule has 1 fully saturated rings. The molecule has 8 nitrogen and oxygen atoms in total. The van der Waals surface area contributed by atoms with Crippen LogP contribution < -0.4 is 5.32 Å². The number of rotatable bonds is 3. The molecule has 1 aromatic rings. The molecular formula is C14H22N4O4. The third-order valence-electron chi connectivity index (χ3n) is 3.50. The second kappa shape index (κ2) is 6.33. The summed E-state index contributed by atoms with van der Waals surface area (Å²) in [5.41, 5.74) is -0.464. The van der Waals surface area contributed by atoms with Crippen LogP contribution in [0.25, 0.3) is 0 Å². The quantitative estimate of drug-likeness (QED) is 0.827. The van der Waals surface area contributed by atoms with Gasteiger partial charge >= 0.3 is 12.1 Å². The van der Waals surface area contributed by atoms with Crippen molar-refractivity contribution in [1.82, 2.24) is 20.3 Å². The number of carbonyl (C=O) groups is 2. The second-order valence-corrected chi connectivity index (χ2v) is 6.49. The lowest BCUT2D eigenvalue weighted by Gasteiger charge is -2.30. The summed E-state index contributed by atoms with van der Waals surface area (Å²) >= 11 is 0. The molecule has 122 valence electrons. The maximum atomic E-state index is 12.0. The third kappa shape index (κ3) is 4.19. The van der Waals surface area contributed by atoms with Crippen LogP contribution in [0.2, 0.25) is 0 Å². The van der Waals surface area contributed by atoms with Gasteiger partial charge < -0.3 is 15.2 Å². The van der Waals surface area contributed by atoms with Crippen LogP contribution in [0.5, 0.6) is 0 Å². The molecule has 0 aliphatic heterocycles. The number of carboxylic acid groups (broad SMARTS) is 1. The van der Waals surface area contributed by atoms with Crippen molar-refractivity contribution in [2.24, 2.45) is 0 Å². The Kier molecular flexibility index (Phi) is 4.68. The number of hydrogen-bond acceptors (Lipinski definition) is 5. The molecule has 0 bridgehead atoms. The Hall–Kier alpha value is -2.12. The van der Waals surface area contributed by atoms with Crippen molar-refractivity contribution < 1.29 is 19.4 Å². The highest BCUT2D eigenvalue weighted by Gasteiger charge is 2.30. The van der Waals surface area contributed by atoms with E-state index in [4.69, 9.17) is 9.84 Å². The first-order valence-electron chi connectivity index (χ1n) is 7.41. The van der Waals surface area contributed by atoms with Gasteiger partial charge in [-0.1, -0.05) is 18.1 Å². The number of aromatic nitrogens is 3. The fraction of sp³-hybridized carbons (Fsp3) is 0.714. The topological polar surface area (TPSA) is 106 Å².